The number of amides is 2. The summed E-state index contributed by atoms with van der Waals surface area (Å²) in [4.78, 5) is 26.0. The minimum Gasteiger partial charge on any atom is -0.356 e. The lowest BCUT2D eigenvalue weighted by molar-refractivity contribution is -0.126. The molecule has 1 saturated heterocycles. The van der Waals surface area contributed by atoms with Crippen molar-refractivity contribution >= 4 is 29.9 Å². The van der Waals surface area contributed by atoms with Gasteiger partial charge in [0, 0.05) is 31.2 Å². The van der Waals surface area contributed by atoms with Gasteiger partial charge in [-0.1, -0.05) is 19.1 Å². The van der Waals surface area contributed by atoms with Gasteiger partial charge in [0.25, 0.3) is 0 Å². The highest BCUT2D eigenvalue weighted by Crippen LogP contribution is 2.25. The van der Waals surface area contributed by atoms with Gasteiger partial charge >= 0.3 is 0 Å². The van der Waals surface area contributed by atoms with Gasteiger partial charge < -0.3 is 16.0 Å². The van der Waals surface area contributed by atoms with Crippen LogP contribution in [-0.2, 0) is 16.0 Å². The Hall–Kier alpha value is -1.59. The normalized spacial score (nSPS) is 18.5. The maximum atomic E-state index is 12.2. The van der Waals surface area contributed by atoms with E-state index in [-0.39, 0.29) is 42.6 Å². The number of aryl methyl sites for hydroxylation is 1. The number of nitrogens with zero attached hydrogens (tertiary/aromatic N) is 1. The van der Waals surface area contributed by atoms with E-state index in [1.807, 2.05) is 31.2 Å². The third-order valence-corrected chi connectivity index (χ3v) is 4.05. The summed E-state index contributed by atoms with van der Waals surface area (Å²) in [5.74, 6) is -0.315. The van der Waals surface area contributed by atoms with Crippen molar-refractivity contribution in [2.45, 2.75) is 39.2 Å². The van der Waals surface area contributed by atoms with E-state index in [4.69, 9.17) is 5.73 Å². The molecule has 0 saturated carbocycles. The van der Waals surface area contributed by atoms with Crippen molar-refractivity contribution in [2.75, 3.05) is 18.0 Å². The molecule has 1 aliphatic rings. The highest BCUT2D eigenvalue weighted by atomic mass is 35.5. The van der Waals surface area contributed by atoms with E-state index in [2.05, 4.69) is 12.2 Å². The lowest BCUT2D eigenvalue weighted by Gasteiger charge is -2.17. The second-order valence-electron chi connectivity index (χ2n) is 5.98. The van der Waals surface area contributed by atoms with Gasteiger partial charge in [-0.25, -0.2) is 0 Å². The minimum atomic E-state index is -0.272. The van der Waals surface area contributed by atoms with Crippen molar-refractivity contribution in [2.24, 2.45) is 11.7 Å². The lowest BCUT2D eigenvalue weighted by atomic mass is 10.1. The number of carbonyl (C=O) groups excluding carboxylic acids is 2. The molecular weight excluding hydrogens is 314 g/mol. The van der Waals surface area contributed by atoms with Crippen LogP contribution in [-0.4, -0.2) is 30.9 Å². The molecule has 1 heterocycles. The van der Waals surface area contributed by atoms with Crippen molar-refractivity contribution < 1.29 is 9.59 Å². The first-order chi connectivity index (χ1) is 10.5. The van der Waals surface area contributed by atoms with E-state index < -0.39 is 0 Å². The van der Waals surface area contributed by atoms with Gasteiger partial charge in [0.15, 0.2) is 0 Å². The smallest absolute Gasteiger partial charge is 0.227 e. The highest BCUT2D eigenvalue weighted by molar-refractivity contribution is 6.00. The van der Waals surface area contributed by atoms with Crippen LogP contribution in [0.25, 0.3) is 0 Å². The van der Waals surface area contributed by atoms with Crippen LogP contribution in [0.4, 0.5) is 5.69 Å². The summed E-state index contributed by atoms with van der Waals surface area (Å²) in [6, 6.07) is 8.02. The van der Waals surface area contributed by atoms with Crippen LogP contribution in [0, 0.1) is 5.92 Å². The molecular formula is C17H26ClN3O2. The van der Waals surface area contributed by atoms with Crippen molar-refractivity contribution in [3.05, 3.63) is 29.8 Å². The number of anilines is 1. The van der Waals surface area contributed by atoms with Gasteiger partial charge in [0.2, 0.25) is 11.8 Å². The van der Waals surface area contributed by atoms with Crippen molar-refractivity contribution in [3.8, 4) is 0 Å². The SMILES string of the molecule is CCc1ccc(N2CC(C(=O)NCCC(C)N)CC2=O)cc1.Cl. The molecule has 23 heavy (non-hydrogen) atoms. The summed E-state index contributed by atoms with van der Waals surface area (Å²) in [7, 11) is 0. The average molecular weight is 340 g/mol. The Morgan fingerprint density at radius 3 is 2.61 bits per heavy atom. The van der Waals surface area contributed by atoms with Gasteiger partial charge in [-0.15, -0.1) is 12.4 Å². The second-order valence-corrected chi connectivity index (χ2v) is 5.98. The van der Waals surface area contributed by atoms with E-state index in [0.717, 1.165) is 18.5 Å². The van der Waals surface area contributed by atoms with Crippen LogP contribution in [0.1, 0.15) is 32.3 Å². The maximum absolute atomic E-state index is 12.2. The van der Waals surface area contributed by atoms with Crippen LogP contribution >= 0.6 is 12.4 Å². The molecule has 128 valence electrons. The molecule has 6 heteroatoms. The van der Waals surface area contributed by atoms with Crippen LogP contribution in [0.5, 0.6) is 0 Å². The van der Waals surface area contributed by atoms with E-state index >= 15 is 0 Å². The molecule has 1 aromatic rings. The molecule has 0 aromatic heterocycles. The van der Waals surface area contributed by atoms with Gasteiger partial charge in [-0.3, -0.25) is 9.59 Å². The van der Waals surface area contributed by atoms with Gasteiger partial charge in [0.05, 0.1) is 5.92 Å². The first kappa shape index (κ1) is 19.5. The predicted octanol–water partition coefficient (Wildman–Crippen LogP) is 1.88. The van der Waals surface area contributed by atoms with Gasteiger partial charge in [-0.2, -0.15) is 0 Å². The van der Waals surface area contributed by atoms with Crippen molar-refractivity contribution in [3.63, 3.8) is 0 Å². The monoisotopic (exact) mass is 339 g/mol. The molecule has 0 bridgehead atoms. The van der Waals surface area contributed by atoms with Gasteiger partial charge in [-0.05, 0) is 37.5 Å². The second kappa shape index (κ2) is 8.89. The molecule has 0 radical (unpaired) electrons. The summed E-state index contributed by atoms with van der Waals surface area (Å²) in [5.41, 5.74) is 7.77. The first-order valence-electron chi connectivity index (χ1n) is 7.93. The molecule has 2 atom stereocenters. The van der Waals surface area contributed by atoms with Crippen LogP contribution in [0.2, 0.25) is 0 Å². The zero-order valence-electron chi connectivity index (χ0n) is 13.7. The number of benzene rings is 1. The zero-order chi connectivity index (χ0) is 16.1. The number of hydrogen-bond acceptors (Lipinski definition) is 3. The van der Waals surface area contributed by atoms with E-state index in [0.29, 0.717) is 13.1 Å². The number of nitrogens with two attached hydrogens (primary N) is 1. The molecule has 1 aromatic carbocycles. The molecule has 1 fully saturated rings. The van der Waals surface area contributed by atoms with Gasteiger partial charge in [0.1, 0.15) is 0 Å². The van der Waals surface area contributed by atoms with Crippen LogP contribution in [0.15, 0.2) is 24.3 Å². The van der Waals surface area contributed by atoms with E-state index in [1.54, 1.807) is 4.90 Å². The number of halogens is 1. The molecule has 0 spiro atoms. The highest BCUT2D eigenvalue weighted by Gasteiger charge is 2.34. The molecule has 3 N–H and O–H groups in total. The molecule has 1 aliphatic heterocycles. The first-order valence-corrected chi connectivity index (χ1v) is 7.93. The lowest BCUT2D eigenvalue weighted by Crippen LogP contribution is -2.35. The van der Waals surface area contributed by atoms with E-state index in [1.165, 1.54) is 5.56 Å². The summed E-state index contributed by atoms with van der Waals surface area (Å²) in [6.45, 7) is 5.02. The predicted molar refractivity (Wildman–Crippen MR) is 94.8 cm³/mol. The quantitative estimate of drug-likeness (QED) is 0.830. The Bertz CT molecular complexity index is 531. The average Bonchev–Trinajstić information content (AvgIpc) is 2.89. The summed E-state index contributed by atoms with van der Waals surface area (Å²) < 4.78 is 0. The Kier molecular flexibility index (Phi) is 7.52. The number of hydrogen-bond donors (Lipinski definition) is 2. The topological polar surface area (TPSA) is 75.4 Å². The maximum Gasteiger partial charge on any atom is 0.227 e. The minimum absolute atomic E-state index is 0. The van der Waals surface area contributed by atoms with Crippen molar-refractivity contribution in [1.29, 1.82) is 0 Å². The third kappa shape index (κ3) is 5.22. The number of rotatable bonds is 6. The summed E-state index contributed by atoms with van der Waals surface area (Å²) in [6.07, 6.45) is 1.99. The number of nitrogens with one attached hydrogen (secondary N) is 1. The Balaban J connectivity index is 0.00000264. The summed E-state index contributed by atoms with van der Waals surface area (Å²) >= 11 is 0. The third-order valence-electron chi connectivity index (χ3n) is 4.05. The Labute approximate surface area is 144 Å². The largest absolute Gasteiger partial charge is 0.356 e. The van der Waals surface area contributed by atoms with Crippen LogP contribution in [0.3, 0.4) is 0 Å². The fraction of sp³-hybridized carbons (Fsp3) is 0.529. The molecule has 5 nitrogen and oxygen atoms in total. The zero-order valence-corrected chi connectivity index (χ0v) is 14.6. The molecule has 2 amide bonds. The standard InChI is InChI=1S/C17H25N3O2.ClH/c1-3-13-4-6-15(7-5-13)20-11-14(10-16(20)21)17(22)19-9-8-12(2)18;/h4-7,12,14H,3,8-11,18H2,1-2H3,(H,19,22);1H. The number of carbonyl (C=O) groups is 2. The Morgan fingerprint density at radius 2 is 2.04 bits per heavy atom. The molecule has 2 unspecified atom stereocenters. The molecule has 2 rings (SSSR count). The fourth-order valence-corrected chi connectivity index (χ4v) is 2.61. The Morgan fingerprint density at radius 1 is 1.39 bits per heavy atom. The molecule has 0 aliphatic carbocycles. The van der Waals surface area contributed by atoms with E-state index in [9.17, 15) is 9.59 Å². The van der Waals surface area contributed by atoms with Crippen molar-refractivity contribution in [1.82, 2.24) is 5.32 Å². The summed E-state index contributed by atoms with van der Waals surface area (Å²) in [5, 5.41) is 2.87. The van der Waals surface area contributed by atoms with Crippen LogP contribution < -0.4 is 16.0 Å². The fourth-order valence-electron chi connectivity index (χ4n) is 2.61.